The largest absolute Gasteiger partial charge is 0.495 e. The molecular weight excluding hydrogens is 402 g/mol. The van der Waals surface area contributed by atoms with Gasteiger partial charge in [-0.3, -0.25) is 0 Å². The summed E-state index contributed by atoms with van der Waals surface area (Å²) in [6.45, 7) is 0. The van der Waals surface area contributed by atoms with Crippen LogP contribution in [0.1, 0.15) is 5.69 Å². The minimum Gasteiger partial charge on any atom is -0.495 e. The zero-order valence-electron chi connectivity index (χ0n) is 12.2. The quantitative estimate of drug-likeness (QED) is 0.592. The van der Waals surface area contributed by atoms with Gasteiger partial charge in [0.2, 0.25) is 0 Å². The van der Waals surface area contributed by atoms with Crippen LogP contribution in [-0.4, -0.2) is 20.1 Å². The van der Waals surface area contributed by atoms with E-state index in [1.54, 1.807) is 7.11 Å². The van der Waals surface area contributed by atoms with Crippen molar-refractivity contribution < 1.29 is 13.2 Å². The van der Waals surface area contributed by atoms with E-state index in [1.165, 1.54) is 5.69 Å². The number of hydrogen-bond acceptors (Lipinski definition) is 3. The third kappa shape index (κ3) is 3.83. The number of aromatic nitrogens is 1. The minimum atomic E-state index is -0.750. The molecule has 2 aromatic carbocycles. The standard InChI is InChI=1S/C16H13BrClNO.O2S/c1-20-16-9-15-11(8-14(16)18)7-13(10-17)19(15)12-5-3-2-4-6-12;1-3-2/h2-9H,10H2,1H3;. The Labute approximate surface area is 150 Å². The van der Waals surface area contributed by atoms with Crippen molar-refractivity contribution in [1.82, 2.24) is 4.57 Å². The van der Waals surface area contributed by atoms with E-state index in [1.807, 2.05) is 30.3 Å². The molecule has 23 heavy (non-hydrogen) atoms. The second kappa shape index (κ2) is 8.29. The first-order valence-electron chi connectivity index (χ1n) is 6.57. The summed E-state index contributed by atoms with van der Waals surface area (Å²) in [5.41, 5.74) is 3.39. The average Bonchev–Trinajstić information content (AvgIpc) is 2.92. The molecule has 3 aromatic rings. The third-order valence-electron chi connectivity index (χ3n) is 3.30. The van der Waals surface area contributed by atoms with Crippen molar-refractivity contribution >= 4 is 50.0 Å². The highest BCUT2D eigenvalue weighted by molar-refractivity contribution is 9.08. The van der Waals surface area contributed by atoms with E-state index in [2.05, 4.69) is 38.7 Å². The monoisotopic (exact) mass is 413 g/mol. The summed E-state index contributed by atoms with van der Waals surface area (Å²) in [5.74, 6) is 0.690. The van der Waals surface area contributed by atoms with Gasteiger partial charge in [0, 0.05) is 28.2 Å². The van der Waals surface area contributed by atoms with Gasteiger partial charge in [0.1, 0.15) is 5.75 Å². The van der Waals surface area contributed by atoms with E-state index in [0.29, 0.717) is 10.8 Å². The minimum absolute atomic E-state index is 0.631. The van der Waals surface area contributed by atoms with Gasteiger partial charge in [0.25, 0.3) is 0 Å². The second-order valence-corrected chi connectivity index (χ2v) is 5.66. The van der Waals surface area contributed by atoms with Crippen LogP contribution in [0.5, 0.6) is 5.75 Å². The maximum Gasteiger partial charge on any atom is 0.335 e. The fourth-order valence-electron chi connectivity index (χ4n) is 2.40. The normalized spacial score (nSPS) is 10.0. The number of ether oxygens (including phenoxy) is 1. The molecule has 4 nitrogen and oxygen atoms in total. The average molecular weight is 415 g/mol. The number of halogens is 2. The van der Waals surface area contributed by atoms with Crippen LogP contribution < -0.4 is 4.74 Å². The number of fused-ring (bicyclic) bond motifs is 1. The zero-order chi connectivity index (χ0) is 16.8. The first-order chi connectivity index (χ1) is 11.2. The van der Waals surface area contributed by atoms with Crippen LogP contribution in [0.4, 0.5) is 0 Å². The molecule has 0 saturated carbocycles. The molecule has 0 bridgehead atoms. The molecular formula is C16H13BrClNO3S. The molecule has 0 N–H and O–H groups in total. The summed E-state index contributed by atoms with van der Waals surface area (Å²) in [6, 6.07) is 16.3. The van der Waals surface area contributed by atoms with Gasteiger partial charge in [-0.15, -0.1) is 0 Å². The Morgan fingerprint density at radius 1 is 1.17 bits per heavy atom. The Kier molecular flexibility index (Phi) is 6.38. The van der Waals surface area contributed by atoms with Crippen molar-refractivity contribution in [1.29, 1.82) is 0 Å². The smallest absolute Gasteiger partial charge is 0.335 e. The van der Waals surface area contributed by atoms with Gasteiger partial charge in [-0.25, -0.2) is 0 Å². The summed E-state index contributed by atoms with van der Waals surface area (Å²) in [5, 5.41) is 2.51. The summed E-state index contributed by atoms with van der Waals surface area (Å²) in [4.78, 5) is 0. The van der Waals surface area contributed by atoms with Crippen molar-refractivity contribution in [3.8, 4) is 11.4 Å². The molecule has 0 aliphatic carbocycles. The Morgan fingerprint density at radius 3 is 2.39 bits per heavy atom. The van der Waals surface area contributed by atoms with E-state index in [9.17, 15) is 0 Å². The van der Waals surface area contributed by atoms with E-state index >= 15 is 0 Å². The van der Waals surface area contributed by atoms with Gasteiger partial charge < -0.3 is 9.30 Å². The van der Waals surface area contributed by atoms with Crippen LogP contribution in [0, 0.1) is 0 Å². The highest BCUT2D eigenvalue weighted by atomic mass is 79.9. The number of hydrogen-bond donors (Lipinski definition) is 0. The van der Waals surface area contributed by atoms with Crippen molar-refractivity contribution in [3.63, 3.8) is 0 Å². The molecule has 0 saturated heterocycles. The number of benzene rings is 2. The maximum absolute atomic E-state index is 8.29. The van der Waals surface area contributed by atoms with Gasteiger partial charge in [-0.2, -0.15) is 8.42 Å². The molecule has 0 amide bonds. The lowest BCUT2D eigenvalue weighted by atomic mass is 10.2. The van der Waals surface area contributed by atoms with E-state index in [-0.39, 0.29) is 0 Å². The van der Waals surface area contributed by atoms with Gasteiger partial charge in [0.15, 0.2) is 0 Å². The topological polar surface area (TPSA) is 48.3 Å². The third-order valence-corrected chi connectivity index (χ3v) is 4.17. The van der Waals surface area contributed by atoms with Crippen molar-refractivity contribution in [2.75, 3.05) is 7.11 Å². The van der Waals surface area contributed by atoms with E-state index < -0.39 is 11.6 Å². The van der Waals surface area contributed by atoms with Crippen LogP contribution in [0.25, 0.3) is 16.6 Å². The molecule has 3 rings (SSSR count). The first kappa shape index (κ1) is 17.7. The second-order valence-electron chi connectivity index (χ2n) is 4.55. The van der Waals surface area contributed by atoms with Crippen molar-refractivity contribution in [2.24, 2.45) is 0 Å². The molecule has 1 aromatic heterocycles. The highest BCUT2D eigenvalue weighted by Crippen LogP contribution is 2.34. The predicted molar refractivity (Wildman–Crippen MR) is 96.4 cm³/mol. The van der Waals surface area contributed by atoms with Gasteiger partial charge in [-0.05, 0) is 24.3 Å². The Hall–Kier alpha value is -1.63. The fourth-order valence-corrected chi connectivity index (χ4v) is 3.06. The SMILES string of the molecule is COc1cc2c(cc1Cl)cc(CBr)n2-c1ccccc1.O=S=O. The lowest BCUT2D eigenvalue weighted by molar-refractivity contribution is 0.415. The number of para-hydroxylation sites is 1. The molecule has 0 unspecified atom stereocenters. The summed E-state index contributed by atoms with van der Waals surface area (Å²) in [7, 11) is 1.63. The molecule has 0 aliphatic heterocycles. The summed E-state index contributed by atoms with van der Waals surface area (Å²) < 4.78 is 24.1. The predicted octanol–water partition coefficient (Wildman–Crippen LogP) is 4.52. The molecule has 120 valence electrons. The van der Waals surface area contributed by atoms with Gasteiger partial charge in [-0.1, -0.05) is 45.7 Å². The summed E-state index contributed by atoms with van der Waals surface area (Å²) >= 11 is 9.01. The molecule has 7 heteroatoms. The van der Waals surface area contributed by atoms with Gasteiger partial charge in [0.05, 0.1) is 17.6 Å². The highest BCUT2D eigenvalue weighted by Gasteiger charge is 2.12. The van der Waals surface area contributed by atoms with Crippen molar-refractivity contribution in [3.05, 3.63) is 59.2 Å². The Balaban J connectivity index is 0.000000595. The zero-order valence-corrected chi connectivity index (χ0v) is 15.3. The lowest BCUT2D eigenvalue weighted by Gasteiger charge is -2.10. The Bertz CT molecular complexity index is 845. The number of nitrogens with zero attached hydrogens (tertiary/aromatic N) is 1. The van der Waals surface area contributed by atoms with Crippen LogP contribution in [0.2, 0.25) is 5.02 Å². The van der Waals surface area contributed by atoms with Crippen LogP contribution in [-0.2, 0) is 16.9 Å². The number of methoxy groups -OCH3 is 1. The maximum atomic E-state index is 8.29. The molecule has 0 atom stereocenters. The molecule has 0 aliphatic rings. The van der Waals surface area contributed by atoms with E-state index in [0.717, 1.165) is 21.9 Å². The lowest BCUT2D eigenvalue weighted by Crippen LogP contribution is -1.97. The van der Waals surface area contributed by atoms with Crippen LogP contribution >= 0.6 is 27.5 Å². The number of alkyl halides is 1. The fraction of sp³-hybridized carbons (Fsp3) is 0.125. The molecule has 1 heterocycles. The van der Waals surface area contributed by atoms with Gasteiger partial charge >= 0.3 is 11.6 Å². The van der Waals surface area contributed by atoms with Crippen LogP contribution in [0.3, 0.4) is 0 Å². The molecule has 0 spiro atoms. The molecule has 0 fully saturated rings. The van der Waals surface area contributed by atoms with Crippen molar-refractivity contribution in [2.45, 2.75) is 5.33 Å². The number of rotatable bonds is 3. The Morgan fingerprint density at radius 2 is 1.83 bits per heavy atom. The first-order valence-corrected chi connectivity index (χ1v) is 8.74. The van der Waals surface area contributed by atoms with Crippen LogP contribution in [0.15, 0.2) is 48.5 Å². The van der Waals surface area contributed by atoms with E-state index in [4.69, 9.17) is 24.8 Å². The summed E-state index contributed by atoms with van der Waals surface area (Å²) in [6.07, 6.45) is 0. The molecule has 0 radical (unpaired) electrons.